The lowest BCUT2D eigenvalue weighted by atomic mass is 10.2. The fourth-order valence-electron chi connectivity index (χ4n) is 0.974. The monoisotopic (exact) mass is 204 g/mol. The largest absolute Gasteiger partial charge is 0.464 e. The van der Waals surface area contributed by atoms with E-state index >= 15 is 0 Å². The predicted octanol–water partition coefficient (Wildman–Crippen LogP) is -1.37. The van der Waals surface area contributed by atoms with Crippen molar-refractivity contribution in [2.24, 2.45) is 0 Å². The third kappa shape index (κ3) is 2.88. The molecule has 78 valence electrons. The molecule has 0 aromatic heterocycles. The van der Waals surface area contributed by atoms with Gasteiger partial charge in [-0.1, -0.05) is 0 Å². The second kappa shape index (κ2) is 4.40. The average molecular weight is 204 g/mol. The number of amides is 1. The predicted molar refractivity (Wildman–Crippen MR) is 40.5 cm³/mol. The zero-order valence-corrected chi connectivity index (χ0v) is 7.10. The second-order valence-electron chi connectivity index (χ2n) is 2.57. The Balaban J connectivity index is 2.26. The molecule has 0 aliphatic carbocycles. The minimum Gasteiger partial charge on any atom is -0.464 e. The molecule has 1 fully saturated rings. The van der Waals surface area contributed by atoms with Crippen LogP contribution >= 0.6 is 0 Å². The number of cyclic esters (lactones) is 1. The number of ether oxygens (including phenoxy) is 1. The topological polar surface area (TPSA) is 108 Å². The summed E-state index contributed by atoms with van der Waals surface area (Å²) in [5, 5.41) is 10.9. The van der Waals surface area contributed by atoms with Crippen LogP contribution < -0.4 is 5.32 Å². The van der Waals surface area contributed by atoms with Crippen LogP contribution in [-0.2, 0) is 19.2 Å². The number of nitrogens with one attached hydrogen (secondary N) is 1. The zero-order chi connectivity index (χ0) is 10.6. The van der Waals surface area contributed by atoms with Gasteiger partial charge >= 0.3 is 5.97 Å². The van der Waals surface area contributed by atoms with Crippen LogP contribution in [0.25, 0.3) is 0 Å². The fourth-order valence-corrected chi connectivity index (χ4v) is 0.974. The summed E-state index contributed by atoms with van der Waals surface area (Å²) < 4.78 is 4.56. The first-order valence-electron chi connectivity index (χ1n) is 3.83. The Bertz CT molecular complexity index is 265. The molecule has 1 aliphatic heterocycles. The van der Waals surface area contributed by atoms with Crippen molar-refractivity contribution in [2.45, 2.75) is 12.5 Å². The molecule has 0 bridgehead atoms. The maximum atomic E-state index is 10.9. The highest BCUT2D eigenvalue weighted by Crippen LogP contribution is 2.04. The SMILES string of the molecule is O=C(CO[N+](=O)[O-])NC1CCOC1=O. The molecule has 0 aromatic carbocycles. The molecule has 8 nitrogen and oxygen atoms in total. The maximum Gasteiger partial charge on any atom is 0.328 e. The summed E-state index contributed by atoms with van der Waals surface area (Å²) in [5.74, 6) is -1.25. The van der Waals surface area contributed by atoms with Gasteiger partial charge in [0.25, 0.3) is 5.09 Å². The van der Waals surface area contributed by atoms with Crippen LogP contribution in [0, 0.1) is 10.1 Å². The van der Waals surface area contributed by atoms with Gasteiger partial charge in [-0.3, -0.25) is 4.79 Å². The lowest BCUT2D eigenvalue weighted by Gasteiger charge is -2.07. The molecule has 1 amide bonds. The van der Waals surface area contributed by atoms with Crippen LogP contribution in [0.15, 0.2) is 0 Å². The Morgan fingerprint density at radius 3 is 3.00 bits per heavy atom. The summed E-state index contributed by atoms with van der Waals surface area (Å²) >= 11 is 0. The van der Waals surface area contributed by atoms with Crippen molar-refractivity contribution in [1.29, 1.82) is 0 Å². The molecule has 0 spiro atoms. The lowest BCUT2D eigenvalue weighted by Crippen LogP contribution is -2.40. The van der Waals surface area contributed by atoms with Gasteiger partial charge in [-0.05, 0) is 0 Å². The van der Waals surface area contributed by atoms with E-state index in [1.807, 2.05) is 0 Å². The van der Waals surface area contributed by atoms with Crippen LogP contribution in [0.4, 0.5) is 0 Å². The summed E-state index contributed by atoms with van der Waals surface area (Å²) in [6.45, 7) is -0.462. The Morgan fingerprint density at radius 2 is 2.50 bits per heavy atom. The molecule has 14 heavy (non-hydrogen) atoms. The van der Waals surface area contributed by atoms with Crippen LogP contribution in [0.5, 0.6) is 0 Å². The van der Waals surface area contributed by atoms with E-state index in [9.17, 15) is 19.7 Å². The number of carbonyl (C=O) groups excluding carboxylic acids is 2. The third-order valence-electron chi connectivity index (χ3n) is 1.57. The molecule has 1 rings (SSSR count). The van der Waals surface area contributed by atoms with Crippen LogP contribution in [-0.4, -0.2) is 36.2 Å². The van der Waals surface area contributed by atoms with Crippen molar-refractivity contribution in [1.82, 2.24) is 5.32 Å². The summed E-state index contributed by atoms with van der Waals surface area (Å²) in [6, 6.07) is -0.710. The number of hydrogen-bond acceptors (Lipinski definition) is 6. The molecule has 0 radical (unpaired) electrons. The molecule has 1 saturated heterocycles. The number of carbonyl (C=O) groups is 2. The van der Waals surface area contributed by atoms with Crippen molar-refractivity contribution in [3.8, 4) is 0 Å². The lowest BCUT2D eigenvalue weighted by molar-refractivity contribution is -0.754. The Kier molecular flexibility index (Phi) is 3.21. The molecule has 1 N–H and O–H groups in total. The highest BCUT2D eigenvalue weighted by atomic mass is 16.9. The summed E-state index contributed by atoms with van der Waals surface area (Å²) in [5.41, 5.74) is 0. The van der Waals surface area contributed by atoms with Crippen molar-refractivity contribution < 1.29 is 24.3 Å². The smallest absolute Gasteiger partial charge is 0.328 e. The van der Waals surface area contributed by atoms with Gasteiger partial charge in [0, 0.05) is 6.42 Å². The van der Waals surface area contributed by atoms with Crippen LogP contribution in [0.1, 0.15) is 6.42 Å². The van der Waals surface area contributed by atoms with Crippen molar-refractivity contribution in [3.05, 3.63) is 10.1 Å². The van der Waals surface area contributed by atoms with Crippen LogP contribution in [0.3, 0.4) is 0 Å². The van der Waals surface area contributed by atoms with Gasteiger partial charge in [-0.25, -0.2) is 4.79 Å². The van der Waals surface area contributed by atoms with E-state index in [4.69, 9.17) is 0 Å². The van der Waals surface area contributed by atoms with Gasteiger partial charge in [-0.15, -0.1) is 10.1 Å². The first-order chi connectivity index (χ1) is 6.59. The minimum absolute atomic E-state index is 0.250. The first-order valence-corrected chi connectivity index (χ1v) is 3.83. The van der Waals surface area contributed by atoms with Crippen molar-refractivity contribution in [2.75, 3.05) is 13.2 Å². The molecule has 1 heterocycles. The standard InChI is InChI=1S/C6H8N2O6/c9-5(3-14-8(11)12)7-4-1-2-13-6(4)10/h4H,1-3H2,(H,7,9). The number of nitrogens with zero attached hydrogens (tertiary/aromatic N) is 1. The van der Waals surface area contributed by atoms with E-state index in [1.54, 1.807) is 0 Å². The number of esters is 1. The Hall–Kier alpha value is -1.86. The molecule has 1 aliphatic rings. The molecule has 1 atom stereocenters. The Labute approximate surface area is 78.3 Å². The van der Waals surface area contributed by atoms with E-state index in [0.717, 1.165) is 0 Å². The molecule has 1 unspecified atom stereocenters. The highest BCUT2D eigenvalue weighted by molar-refractivity contribution is 5.85. The average Bonchev–Trinajstić information content (AvgIpc) is 2.49. The number of hydrogen-bond donors (Lipinski definition) is 1. The zero-order valence-electron chi connectivity index (χ0n) is 7.10. The molecular formula is C6H8N2O6. The maximum absolute atomic E-state index is 10.9. The van der Waals surface area contributed by atoms with E-state index in [1.165, 1.54) is 0 Å². The van der Waals surface area contributed by atoms with E-state index in [2.05, 4.69) is 14.9 Å². The molecular weight excluding hydrogens is 196 g/mol. The van der Waals surface area contributed by atoms with Gasteiger partial charge in [0.1, 0.15) is 6.04 Å². The van der Waals surface area contributed by atoms with Crippen LogP contribution in [0.2, 0.25) is 0 Å². The van der Waals surface area contributed by atoms with Crippen molar-refractivity contribution >= 4 is 11.9 Å². The van der Waals surface area contributed by atoms with E-state index in [0.29, 0.717) is 6.42 Å². The Morgan fingerprint density at radius 1 is 1.79 bits per heavy atom. The van der Waals surface area contributed by atoms with Gasteiger partial charge in [0.05, 0.1) is 6.61 Å². The first kappa shape index (κ1) is 10.2. The van der Waals surface area contributed by atoms with Crippen molar-refractivity contribution in [3.63, 3.8) is 0 Å². The highest BCUT2D eigenvalue weighted by Gasteiger charge is 2.27. The molecule has 0 saturated carbocycles. The van der Waals surface area contributed by atoms with Gasteiger partial charge in [0.2, 0.25) is 5.91 Å². The van der Waals surface area contributed by atoms with Gasteiger partial charge in [0.15, 0.2) is 6.61 Å². The second-order valence-corrected chi connectivity index (χ2v) is 2.57. The third-order valence-corrected chi connectivity index (χ3v) is 1.57. The minimum atomic E-state index is -1.08. The quantitative estimate of drug-likeness (QED) is 0.343. The molecule has 8 heteroatoms. The fraction of sp³-hybridized carbons (Fsp3) is 0.667. The summed E-state index contributed by atoms with van der Waals surface area (Å²) in [4.78, 5) is 35.3. The molecule has 0 aromatic rings. The summed E-state index contributed by atoms with van der Waals surface area (Å²) in [6.07, 6.45) is 0.378. The van der Waals surface area contributed by atoms with Gasteiger partial charge in [-0.2, -0.15) is 0 Å². The van der Waals surface area contributed by atoms with E-state index < -0.39 is 29.6 Å². The normalized spacial score (nSPS) is 20.0. The number of rotatable bonds is 4. The van der Waals surface area contributed by atoms with Gasteiger partial charge < -0.3 is 14.9 Å². The van der Waals surface area contributed by atoms with E-state index in [-0.39, 0.29) is 6.61 Å². The summed E-state index contributed by atoms with van der Waals surface area (Å²) in [7, 11) is 0.